The summed E-state index contributed by atoms with van der Waals surface area (Å²) < 4.78 is 36.9. The van der Waals surface area contributed by atoms with Crippen molar-refractivity contribution in [1.82, 2.24) is 0 Å². The molecule has 58 heavy (non-hydrogen) atoms. The molecule has 21 atom stereocenters. The first kappa shape index (κ1) is 45.0. The summed E-state index contributed by atoms with van der Waals surface area (Å²) in [5.41, 5.74) is -3.45. The molecule has 4 saturated carbocycles. The molecule has 7 aliphatic rings. The van der Waals surface area contributed by atoms with Crippen LogP contribution in [0, 0.1) is 45.3 Å². The lowest BCUT2D eigenvalue weighted by Gasteiger charge is -2.71. The van der Waals surface area contributed by atoms with E-state index in [1.54, 1.807) is 13.8 Å². The van der Waals surface area contributed by atoms with Gasteiger partial charge in [-0.1, -0.05) is 34.6 Å². The number of carbonyl (C=O) groups is 1. The summed E-state index contributed by atoms with van der Waals surface area (Å²) in [5.74, 6) is -0.706. The Morgan fingerprint density at radius 1 is 0.759 bits per heavy atom. The number of hydrogen-bond donors (Lipinski definition) is 8. The van der Waals surface area contributed by atoms with E-state index in [0.717, 1.165) is 25.7 Å². The Kier molecular flexibility index (Phi) is 11.9. The summed E-state index contributed by atoms with van der Waals surface area (Å²) >= 11 is 0. The van der Waals surface area contributed by atoms with E-state index in [4.69, 9.17) is 28.4 Å². The molecule has 0 bridgehead atoms. The molecule has 0 radical (unpaired) electrons. The Balaban J connectivity index is 1.21. The van der Waals surface area contributed by atoms with Gasteiger partial charge < -0.3 is 69.3 Å². The predicted octanol–water partition coefficient (Wildman–Crippen LogP) is 1.54. The number of esters is 1. The Bertz CT molecular complexity index is 1510. The van der Waals surface area contributed by atoms with Crippen LogP contribution in [0.4, 0.5) is 0 Å². The van der Waals surface area contributed by atoms with Crippen LogP contribution in [0.15, 0.2) is 0 Å². The van der Waals surface area contributed by atoms with Crippen molar-refractivity contribution < 1.29 is 74.1 Å². The molecular weight excluding hydrogens is 756 g/mol. The second-order valence-corrected chi connectivity index (χ2v) is 21.4. The van der Waals surface area contributed by atoms with E-state index in [-0.39, 0.29) is 41.8 Å². The highest BCUT2D eigenvalue weighted by Crippen LogP contribution is 2.75. The van der Waals surface area contributed by atoms with Crippen molar-refractivity contribution in [1.29, 1.82) is 0 Å². The third-order valence-corrected chi connectivity index (χ3v) is 17.1. The zero-order chi connectivity index (χ0) is 42.7. The van der Waals surface area contributed by atoms with E-state index in [2.05, 4.69) is 41.5 Å². The van der Waals surface area contributed by atoms with Crippen LogP contribution < -0.4 is 0 Å². The average molecular weight is 829 g/mol. The summed E-state index contributed by atoms with van der Waals surface area (Å²) in [4.78, 5) is 11.5. The van der Waals surface area contributed by atoms with Crippen LogP contribution in [0.5, 0.6) is 0 Å². The molecule has 8 N–H and O–H groups in total. The van der Waals surface area contributed by atoms with Crippen molar-refractivity contribution in [3.63, 3.8) is 0 Å². The van der Waals surface area contributed by atoms with Gasteiger partial charge in [-0.25, -0.2) is 0 Å². The molecular formula is C43H72O15. The molecule has 3 saturated heterocycles. The van der Waals surface area contributed by atoms with Crippen LogP contribution in [0.2, 0.25) is 0 Å². The maximum absolute atomic E-state index is 12.5. The number of aliphatic hydroxyl groups is 8. The highest BCUT2D eigenvalue weighted by Gasteiger charge is 2.73. The molecule has 3 heterocycles. The smallest absolute Gasteiger partial charge is 0.302 e. The first-order chi connectivity index (χ1) is 26.8. The molecule has 334 valence electrons. The van der Waals surface area contributed by atoms with Gasteiger partial charge in [-0.15, -0.1) is 0 Å². The molecule has 0 spiro atoms. The number of ether oxygens (including phenoxy) is 6. The monoisotopic (exact) mass is 828 g/mol. The maximum atomic E-state index is 12.5. The number of aliphatic hydroxyl groups excluding tert-OH is 7. The average Bonchev–Trinajstić information content (AvgIpc) is 3.73. The number of hydrogen-bond acceptors (Lipinski definition) is 15. The van der Waals surface area contributed by atoms with Crippen LogP contribution in [0.25, 0.3) is 0 Å². The van der Waals surface area contributed by atoms with Crippen LogP contribution in [-0.2, 0) is 33.2 Å². The predicted molar refractivity (Wildman–Crippen MR) is 205 cm³/mol. The number of carbonyl (C=O) groups excluding carboxylic acids is 1. The quantitative estimate of drug-likeness (QED) is 0.128. The zero-order valence-electron chi connectivity index (χ0n) is 35.8. The van der Waals surface area contributed by atoms with Crippen LogP contribution in [0.1, 0.15) is 114 Å². The lowest BCUT2D eigenvalue weighted by atomic mass is 9.35. The molecule has 3 aliphatic heterocycles. The van der Waals surface area contributed by atoms with Crippen LogP contribution in [-0.4, -0.2) is 151 Å². The second kappa shape index (κ2) is 15.3. The molecule has 0 aromatic rings. The Morgan fingerprint density at radius 2 is 1.43 bits per heavy atom. The van der Waals surface area contributed by atoms with Gasteiger partial charge in [-0.3, -0.25) is 4.79 Å². The lowest BCUT2D eigenvalue weighted by molar-refractivity contribution is -0.372. The van der Waals surface area contributed by atoms with E-state index >= 15 is 0 Å². The van der Waals surface area contributed by atoms with E-state index in [9.17, 15) is 45.6 Å². The highest BCUT2D eigenvalue weighted by molar-refractivity contribution is 5.65. The van der Waals surface area contributed by atoms with E-state index in [1.165, 1.54) is 6.92 Å². The Hall–Kier alpha value is -1.05. The van der Waals surface area contributed by atoms with Gasteiger partial charge >= 0.3 is 5.97 Å². The molecule has 7 rings (SSSR count). The van der Waals surface area contributed by atoms with E-state index in [1.807, 2.05) is 0 Å². The normalized spacial score (nSPS) is 54.3. The topological polar surface area (TPSA) is 234 Å². The molecule has 0 unspecified atom stereocenters. The van der Waals surface area contributed by atoms with Crippen molar-refractivity contribution in [2.24, 2.45) is 45.3 Å². The fourth-order valence-corrected chi connectivity index (χ4v) is 14.3. The molecule has 0 aromatic heterocycles. The largest absolute Gasteiger partial charge is 0.463 e. The van der Waals surface area contributed by atoms with Gasteiger partial charge in [-0.05, 0) is 112 Å². The summed E-state index contributed by atoms with van der Waals surface area (Å²) in [5, 5.41) is 89.6. The number of fused-ring (bicyclic) bond motifs is 5. The molecule has 7 fully saturated rings. The molecule has 0 amide bonds. The Morgan fingerprint density at radius 3 is 2.07 bits per heavy atom. The van der Waals surface area contributed by atoms with Gasteiger partial charge in [0.25, 0.3) is 0 Å². The fraction of sp³-hybridized carbons (Fsp3) is 0.977. The molecule has 15 heteroatoms. The molecule has 15 nitrogen and oxygen atoms in total. The van der Waals surface area contributed by atoms with Crippen molar-refractivity contribution in [2.75, 3.05) is 13.2 Å². The second-order valence-electron chi connectivity index (χ2n) is 21.4. The minimum atomic E-state index is -1.79. The van der Waals surface area contributed by atoms with Crippen molar-refractivity contribution in [3.8, 4) is 0 Å². The van der Waals surface area contributed by atoms with Gasteiger partial charge in [-0.2, -0.15) is 0 Å². The minimum absolute atomic E-state index is 0.0381. The van der Waals surface area contributed by atoms with Crippen LogP contribution >= 0.6 is 0 Å². The third kappa shape index (κ3) is 7.11. The SMILES string of the molecule is CC(=O)OC[C@H]1O[C@@H](O[C@H]2[C@H](O[C@H]3C[C@]4(C)[C@H](C[C@@H](O)[C@@]5(C)[C@H]4CC[C@@H]5[C@]4(C)CC[C@@H](C(C)(C)O)O4)[C@@]4(C)CC[C@H](O)C(C)(C)[C@H]34)OC[C@@H](O)[C@@H]2O)[C@H](O)[C@@H](O)[C@@H]1O. The maximum Gasteiger partial charge on any atom is 0.302 e. The van der Waals surface area contributed by atoms with Gasteiger partial charge in [0.05, 0.1) is 42.2 Å². The molecule has 0 aromatic carbocycles. The van der Waals surface area contributed by atoms with Crippen molar-refractivity contribution >= 4 is 5.97 Å². The van der Waals surface area contributed by atoms with Gasteiger partial charge in [0.2, 0.25) is 0 Å². The van der Waals surface area contributed by atoms with Crippen LogP contribution in [0.3, 0.4) is 0 Å². The summed E-state index contributed by atoms with van der Waals surface area (Å²) in [6.07, 6.45) is -10.2. The lowest BCUT2D eigenvalue weighted by Crippen LogP contribution is -2.70. The summed E-state index contributed by atoms with van der Waals surface area (Å²) in [7, 11) is 0. The standard InChI is InChI=1S/C43H72O15/c1-20(44)53-19-23-31(49)32(50)33(51)36(56-23)57-34-30(48)21(45)18-54-37(34)55-22-17-41(7)24-10-11-25(42(8)15-13-29(58-42)39(4,5)52)43(24,9)28(47)16-26(41)40(6)14-12-27(46)38(2,3)35(22)40/h21-37,45-52H,10-19H2,1-9H3/t21-,22+,23-,24+,25-,26-,27+,28-,29+,30+,31-,32+,33-,34-,35+,36+,37+,40-,41+,42+,43+/m1/s1. The summed E-state index contributed by atoms with van der Waals surface area (Å²) in [6, 6.07) is 0. The van der Waals surface area contributed by atoms with E-state index in [0.29, 0.717) is 25.7 Å². The third-order valence-electron chi connectivity index (χ3n) is 17.1. The first-order valence-electron chi connectivity index (χ1n) is 21.7. The first-order valence-corrected chi connectivity index (χ1v) is 21.7. The van der Waals surface area contributed by atoms with Gasteiger partial charge in [0, 0.05) is 12.3 Å². The van der Waals surface area contributed by atoms with Crippen molar-refractivity contribution in [3.05, 3.63) is 0 Å². The minimum Gasteiger partial charge on any atom is -0.463 e. The Labute approximate surface area is 342 Å². The van der Waals surface area contributed by atoms with Gasteiger partial charge in [0.15, 0.2) is 12.6 Å². The van der Waals surface area contributed by atoms with E-state index < -0.39 is 114 Å². The summed E-state index contributed by atoms with van der Waals surface area (Å²) in [6.45, 7) is 17.1. The zero-order valence-corrected chi connectivity index (χ0v) is 35.8. The number of rotatable bonds is 8. The van der Waals surface area contributed by atoms with Gasteiger partial charge in [0.1, 0.15) is 49.3 Å². The van der Waals surface area contributed by atoms with Crippen molar-refractivity contribution in [2.45, 2.75) is 205 Å². The fourth-order valence-electron chi connectivity index (χ4n) is 14.3. The highest BCUT2D eigenvalue weighted by atomic mass is 16.8. The molecule has 4 aliphatic carbocycles.